The van der Waals surface area contributed by atoms with Gasteiger partial charge >= 0.3 is 0 Å². The zero-order valence-electron chi connectivity index (χ0n) is 9.94. The maximum Gasteiger partial charge on any atom is 0.257 e. The molecule has 2 atom stereocenters. The molecule has 2 aromatic rings. The predicted molar refractivity (Wildman–Crippen MR) is 71.8 cm³/mol. The van der Waals surface area contributed by atoms with E-state index in [2.05, 4.69) is 15.6 Å². The summed E-state index contributed by atoms with van der Waals surface area (Å²) in [6.07, 6.45) is 0. The lowest BCUT2D eigenvalue weighted by atomic mass is 10.2. The highest BCUT2D eigenvalue weighted by molar-refractivity contribution is 5.83. The minimum atomic E-state index is -0.0143. The highest BCUT2D eigenvalue weighted by Crippen LogP contribution is 2.43. The fourth-order valence-electron chi connectivity index (χ4n) is 3.10. The minimum Gasteiger partial charge on any atom is -0.368 e. The molecule has 1 aromatic carbocycles. The van der Waals surface area contributed by atoms with Crippen molar-refractivity contribution in [1.29, 1.82) is 0 Å². The first-order chi connectivity index (χ1) is 8.83. The van der Waals surface area contributed by atoms with Crippen LogP contribution in [0.1, 0.15) is 0 Å². The molecular formula is C14H15N3O. The summed E-state index contributed by atoms with van der Waals surface area (Å²) in [5.41, 5.74) is -0.0143. The van der Waals surface area contributed by atoms with Gasteiger partial charge in [-0.2, -0.15) is 0 Å². The molecule has 2 unspecified atom stereocenters. The number of rotatable bonds is 2. The second-order valence-corrected chi connectivity index (χ2v) is 5.26. The van der Waals surface area contributed by atoms with Crippen LogP contribution in [0.15, 0.2) is 35.1 Å². The summed E-state index contributed by atoms with van der Waals surface area (Å²) < 4.78 is 0. The Morgan fingerprint density at radius 1 is 1.17 bits per heavy atom. The molecule has 0 radical (unpaired) electrons. The first-order valence-corrected chi connectivity index (χ1v) is 6.42. The summed E-state index contributed by atoms with van der Waals surface area (Å²) in [6.45, 7) is 2.19. The third-order valence-electron chi connectivity index (χ3n) is 4.17. The summed E-state index contributed by atoms with van der Waals surface area (Å²) in [7, 11) is 0. The van der Waals surface area contributed by atoms with E-state index >= 15 is 0 Å². The van der Waals surface area contributed by atoms with E-state index in [0.29, 0.717) is 6.04 Å². The number of aromatic amines is 1. The average Bonchev–Trinajstić information content (AvgIpc) is 2.83. The van der Waals surface area contributed by atoms with Crippen molar-refractivity contribution in [2.24, 2.45) is 11.8 Å². The number of pyridine rings is 1. The van der Waals surface area contributed by atoms with Gasteiger partial charge in [0.25, 0.3) is 5.56 Å². The first kappa shape index (κ1) is 10.1. The largest absolute Gasteiger partial charge is 0.368 e. The maximum absolute atomic E-state index is 11.9. The Bertz CT molecular complexity index is 653. The monoisotopic (exact) mass is 241 g/mol. The normalized spacial score (nSPS) is 29.2. The van der Waals surface area contributed by atoms with Crippen LogP contribution < -0.4 is 16.2 Å². The number of aromatic nitrogens is 1. The van der Waals surface area contributed by atoms with Crippen molar-refractivity contribution >= 4 is 16.6 Å². The van der Waals surface area contributed by atoms with E-state index in [9.17, 15) is 4.79 Å². The van der Waals surface area contributed by atoms with Gasteiger partial charge in [-0.05, 0) is 29.4 Å². The van der Waals surface area contributed by atoms with Crippen LogP contribution in [-0.4, -0.2) is 24.1 Å². The molecule has 2 aliphatic rings. The zero-order valence-corrected chi connectivity index (χ0v) is 9.94. The molecule has 0 spiro atoms. The van der Waals surface area contributed by atoms with Gasteiger partial charge in [0.15, 0.2) is 0 Å². The number of hydrogen-bond acceptors (Lipinski definition) is 3. The van der Waals surface area contributed by atoms with E-state index in [-0.39, 0.29) is 5.56 Å². The lowest BCUT2D eigenvalue weighted by molar-refractivity contribution is 0.695. The van der Waals surface area contributed by atoms with Gasteiger partial charge in [0.05, 0.1) is 0 Å². The molecule has 4 heteroatoms. The van der Waals surface area contributed by atoms with E-state index in [1.807, 2.05) is 30.3 Å². The Hall–Kier alpha value is -1.81. The smallest absolute Gasteiger partial charge is 0.257 e. The quantitative estimate of drug-likeness (QED) is 0.739. The van der Waals surface area contributed by atoms with Crippen LogP contribution >= 0.6 is 0 Å². The van der Waals surface area contributed by atoms with Crippen LogP contribution in [0, 0.1) is 11.8 Å². The van der Waals surface area contributed by atoms with Crippen molar-refractivity contribution in [2.45, 2.75) is 6.04 Å². The maximum atomic E-state index is 11.9. The van der Waals surface area contributed by atoms with Gasteiger partial charge < -0.3 is 15.6 Å². The molecule has 2 fully saturated rings. The van der Waals surface area contributed by atoms with Crippen LogP contribution in [0.25, 0.3) is 10.8 Å². The first-order valence-electron chi connectivity index (χ1n) is 6.42. The van der Waals surface area contributed by atoms with Crippen LogP contribution in [0.2, 0.25) is 0 Å². The Morgan fingerprint density at radius 2 is 1.94 bits per heavy atom. The minimum absolute atomic E-state index is 0.0143. The lowest BCUT2D eigenvalue weighted by Crippen LogP contribution is -2.22. The van der Waals surface area contributed by atoms with Gasteiger partial charge in [0.2, 0.25) is 0 Å². The number of hydrogen-bond donors (Lipinski definition) is 3. The Kier molecular flexibility index (Phi) is 2.02. The number of H-pyrrole nitrogens is 1. The molecule has 1 aromatic heterocycles. The number of benzene rings is 1. The summed E-state index contributed by atoms with van der Waals surface area (Å²) in [6, 6.07) is 10.2. The third-order valence-corrected chi connectivity index (χ3v) is 4.17. The molecule has 4 rings (SSSR count). The second-order valence-electron chi connectivity index (χ2n) is 5.26. The van der Waals surface area contributed by atoms with Gasteiger partial charge in [-0.3, -0.25) is 4.79 Å². The van der Waals surface area contributed by atoms with Gasteiger partial charge in [-0.15, -0.1) is 0 Å². The number of nitrogens with one attached hydrogen (secondary N) is 3. The summed E-state index contributed by atoms with van der Waals surface area (Å²) in [4.78, 5) is 14.9. The Labute approximate surface area is 104 Å². The predicted octanol–water partition coefficient (Wildman–Crippen LogP) is 1.16. The van der Waals surface area contributed by atoms with Crippen molar-refractivity contribution < 1.29 is 0 Å². The van der Waals surface area contributed by atoms with E-state index in [4.69, 9.17) is 0 Å². The van der Waals surface area contributed by atoms with Gasteiger partial charge in [-0.25, -0.2) is 0 Å². The highest BCUT2D eigenvalue weighted by atomic mass is 16.1. The fourth-order valence-corrected chi connectivity index (χ4v) is 3.10. The SMILES string of the molecule is O=c1[nH]c(NC2C3CNCC32)cc2ccccc12. The van der Waals surface area contributed by atoms with Gasteiger partial charge in [-0.1, -0.05) is 18.2 Å². The average molecular weight is 241 g/mol. The second kappa shape index (κ2) is 3.59. The Balaban J connectivity index is 1.67. The molecule has 1 saturated heterocycles. The summed E-state index contributed by atoms with van der Waals surface area (Å²) in [5.74, 6) is 2.32. The van der Waals surface area contributed by atoms with E-state index < -0.39 is 0 Å². The van der Waals surface area contributed by atoms with Crippen molar-refractivity contribution in [2.75, 3.05) is 18.4 Å². The number of fused-ring (bicyclic) bond motifs is 2. The molecule has 18 heavy (non-hydrogen) atoms. The zero-order chi connectivity index (χ0) is 12.1. The van der Waals surface area contributed by atoms with E-state index in [0.717, 1.165) is 41.5 Å². The topological polar surface area (TPSA) is 56.9 Å². The molecule has 2 heterocycles. The van der Waals surface area contributed by atoms with Crippen molar-refractivity contribution in [1.82, 2.24) is 10.3 Å². The van der Waals surface area contributed by atoms with Crippen molar-refractivity contribution in [3.63, 3.8) is 0 Å². The molecule has 92 valence electrons. The van der Waals surface area contributed by atoms with Gasteiger partial charge in [0, 0.05) is 24.5 Å². The highest BCUT2D eigenvalue weighted by Gasteiger charge is 2.52. The molecule has 0 bridgehead atoms. The van der Waals surface area contributed by atoms with Crippen LogP contribution in [0.5, 0.6) is 0 Å². The number of anilines is 1. The van der Waals surface area contributed by atoms with Crippen LogP contribution in [0.3, 0.4) is 0 Å². The molecule has 0 amide bonds. The third kappa shape index (κ3) is 1.46. The Morgan fingerprint density at radius 3 is 2.78 bits per heavy atom. The fraction of sp³-hybridized carbons (Fsp3) is 0.357. The molecule has 3 N–H and O–H groups in total. The van der Waals surface area contributed by atoms with Gasteiger partial charge in [0.1, 0.15) is 5.82 Å². The van der Waals surface area contributed by atoms with Crippen molar-refractivity contribution in [3.05, 3.63) is 40.7 Å². The van der Waals surface area contributed by atoms with Crippen LogP contribution in [-0.2, 0) is 0 Å². The van der Waals surface area contributed by atoms with E-state index in [1.54, 1.807) is 0 Å². The summed E-state index contributed by atoms with van der Waals surface area (Å²) in [5, 5.41) is 8.57. The molecule has 4 nitrogen and oxygen atoms in total. The standard InChI is InChI=1S/C14H15N3O/c18-14-9-4-2-1-3-8(9)5-12(17-14)16-13-10-6-15-7-11(10)13/h1-5,10-11,13,15H,6-7H2,(H2,16,17,18). The van der Waals surface area contributed by atoms with E-state index in [1.165, 1.54) is 0 Å². The van der Waals surface area contributed by atoms with Crippen molar-refractivity contribution in [3.8, 4) is 0 Å². The molecule has 1 saturated carbocycles. The molecular weight excluding hydrogens is 226 g/mol. The number of piperidine rings is 1. The molecule has 1 aliphatic carbocycles. The van der Waals surface area contributed by atoms with Crippen LogP contribution in [0.4, 0.5) is 5.82 Å². The lowest BCUT2D eigenvalue weighted by Gasteiger charge is -2.09. The summed E-state index contributed by atoms with van der Waals surface area (Å²) >= 11 is 0. The molecule has 1 aliphatic heterocycles.